The SMILES string of the molecule is O=C(O)C(Nc1ccc(F)cc1)c1cn(CCO)nn1. The number of halogens is 1. The summed E-state index contributed by atoms with van der Waals surface area (Å²) in [6.45, 7) is 0.113. The second-order valence-corrected chi connectivity index (χ2v) is 4.05. The molecule has 8 heteroatoms. The van der Waals surface area contributed by atoms with Crippen molar-refractivity contribution in [1.82, 2.24) is 15.0 Å². The molecule has 0 amide bonds. The molecule has 0 saturated heterocycles. The van der Waals surface area contributed by atoms with E-state index in [9.17, 15) is 14.3 Å². The lowest BCUT2D eigenvalue weighted by Crippen LogP contribution is -2.21. The van der Waals surface area contributed by atoms with Crippen molar-refractivity contribution in [3.63, 3.8) is 0 Å². The highest BCUT2D eigenvalue weighted by atomic mass is 19.1. The first-order chi connectivity index (χ1) is 9.60. The molecule has 2 aromatic rings. The first-order valence-electron chi connectivity index (χ1n) is 5.86. The van der Waals surface area contributed by atoms with Gasteiger partial charge in [-0.05, 0) is 24.3 Å². The second kappa shape index (κ2) is 6.11. The number of anilines is 1. The quantitative estimate of drug-likeness (QED) is 0.718. The molecule has 1 aromatic carbocycles. The minimum atomic E-state index is -1.13. The molecular weight excluding hydrogens is 267 g/mol. The maximum atomic E-state index is 12.8. The molecular formula is C12H13FN4O3. The summed E-state index contributed by atoms with van der Waals surface area (Å²) in [4.78, 5) is 11.3. The third kappa shape index (κ3) is 3.29. The predicted octanol–water partition coefficient (Wildman–Crippen LogP) is 0.647. The van der Waals surface area contributed by atoms with Crippen molar-refractivity contribution in [3.05, 3.63) is 42.0 Å². The van der Waals surface area contributed by atoms with Crippen LogP contribution in [0.4, 0.5) is 10.1 Å². The molecule has 1 atom stereocenters. The summed E-state index contributed by atoms with van der Waals surface area (Å²) in [7, 11) is 0. The number of carbonyl (C=O) groups is 1. The molecule has 2 rings (SSSR count). The standard InChI is InChI=1S/C12H13FN4O3/c13-8-1-3-9(4-2-8)14-11(12(19)20)10-7-17(5-6-18)16-15-10/h1-4,7,11,14,18H,5-6H2,(H,19,20). The molecule has 0 fully saturated rings. The van der Waals surface area contributed by atoms with Crippen LogP contribution in [0.2, 0.25) is 0 Å². The van der Waals surface area contributed by atoms with Gasteiger partial charge in [0, 0.05) is 5.69 Å². The Labute approximate surface area is 113 Å². The van der Waals surface area contributed by atoms with Crippen molar-refractivity contribution < 1.29 is 19.4 Å². The van der Waals surface area contributed by atoms with E-state index in [0.29, 0.717) is 5.69 Å². The minimum absolute atomic E-state index is 0.119. The Morgan fingerprint density at radius 2 is 2.10 bits per heavy atom. The zero-order chi connectivity index (χ0) is 14.5. The maximum Gasteiger partial charge on any atom is 0.332 e. The van der Waals surface area contributed by atoms with Gasteiger partial charge >= 0.3 is 5.97 Å². The van der Waals surface area contributed by atoms with E-state index >= 15 is 0 Å². The van der Waals surface area contributed by atoms with Crippen LogP contribution >= 0.6 is 0 Å². The highest BCUT2D eigenvalue weighted by Gasteiger charge is 2.23. The van der Waals surface area contributed by atoms with Crippen molar-refractivity contribution in [3.8, 4) is 0 Å². The second-order valence-electron chi connectivity index (χ2n) is 4.05. The lowest BCUT2D eigenvalue weighted by molar-refractivity contribution is -0.138. The fraction of sp³-hybridized carbons (Fsp3) is 0.250. The highest BCUT2D eigenvalue weighted by molar-refractivity contribution is 5.78. The third-order valence-corrected chi connectivity index (χ3v) is 2.58. The molecule has 0 aliphatic rings. The van der Waals surface area contributed by atoms with Gasteiger partial charge in [0.1, 0.15) is 11.5 Å². The number of benzene rings is 1. The van der Waals surface area contributed by atoms with Crippen LogP contribution in [0, 0.1) is 5.82 Å². The molecule has 0 aliphatic heterocycles. The van der Waals surface area contributed by atoms with Crippen LogP contribution < -0.4 is 5.32 Å². The topological polar surface area (TPSA) is 100 Å². The number of hydrogen-bond donors (Lipinski definition) is 3. The summed E-state index contributed by atoms with van der Waals surface area (Å²) in [5, 5.41) is 28.2. The van der Waals surface area contributed by atoms with Crippen LogP contribution in [-0.2, 0) is 11.3 Å². The Balaban J connectivity index is 2.17. The largest absolute Gasteiger partial charge is 0.479 e. The van der Waals surface area contributed by atoms with E-state index < -0.39 is 17.8 Å². The van der Waals surface area contributed by atoms with E-state index in [0.717, 1.165) is 0 Å². The van der Waals surface area contributed by atoms with Gasteiger partial charge in [-0.3, -0.25) is 0 Å². The molecule has 1 aromatic heterocycles. The number of aliphatic carboxylic acids is 1. The van der Waals surface area contributed by atoms with Crippen molar-refractivity contribution in [1.29, 1.82) is 0 Å². The van der Waals surface area contributed by atoms with Gasteiger partial charge in [0.2, 0.25) is 0 Å². The van der Waals surface area contributed by atoms with Crippen LogP contribution in [0.25, 0.3) is 0 Å². The van der Waals surface area contributed by atoms with E-state index in [-0.39, 0.29) is 18.8 Å². The molecule has 0 saturated carbocycles. The Bertz CT molecular complexity index is 585. The average Bonchev–Trinajstić information content (AvgIpc) is 2.86. The number of aromatic nitrogens is 3. The lowest BCUT2D eigenvalue weighted by Gasteiger charge is -2.12. The number of nitrogens with one attached hydrogen (secondary N) is 1. The van der Waals surface area contributed by atoms with Crippen LogP contribution in [0.15, 0.2) is 30.5 Å². The van der Waals surface area contributed by atoms with Gasteiger partial charge in [-0.2, -0.15) is 0 Å². The highest BCUT2D eigenvalue weighted by Crippen LogP contribution is 2.18. The fourth-order valence-electron chi connectivity index (χ4n) is 1.63. The maximum absolute atomic E-state index is 12.8. The van der Waals surface area contributed by atoms with E-state index in [2.05, 4.69) is 15.6 Å². The zero-order valence-corrected chi connectivity index (χ0v) is 10.4. The van der Waals surface area contributed by atoms with Crippen LogP contribution in [0.1, 0.15) is 11.7 Å². The molecule has 0 bridgehead atoms. The number of hydrogen-bond acceptors (Lipinski definition) is 5. The van der Waals surface area contributed by atoms with E-state index in [4.69, 9.17) is 5.11 Å². The summed E-state index contributed by atoms with van der Waals surface area (Å²) in [5.74, 6) is -1.54. The van der Waals surface area contributed by atoms with Crippen molar-refractivity contribution in [2.75, 3.05) is 11.9 Å². The summed E-state index contributed by atoms with van der Waals surface area (Å²) in [6.07, 6.45) is 1.44. The van der Waals surface area contributed by atoms with Gasteiger partial charge in [0.15, 0.2) is 6.04 Å². The number of carboxylic acids is 1. The Hall–Kier alpha value is -2.48. The molecule has 1 unspecified atom stereocenters. The molecule has 106 valence electrons. The summed E-state index contributed by atoms with van der Waals surface area (Å²) >= 11 is 0. The van der Waals surface area contributed by atoms with Gasteiger partial charge in [0.25, 0.3) is 0 Å². The van der Waals surface area contributed by atoms with Gasteiger partial charge in [-0.1, -0.05) is 5.21 Å². The number of nitrogens with zero attached hydrogens (tertiary/aromatic N) is 3. The fourth-order valence-corrected chi connectivity index (χ4v) is 1.63. The van der Waals surface area contributed by atoms with E-state index in [1.54, 1.807) is 0 Å². The summed E-state index contributed by atoms with van der Waals surface area (Å²) in [6, 6.07) is 4.22. The van der Waals surface area contributed by atoms with Crippen LogP contribution in [0.5, 0.6) is 0 Å². The molecule has 7 nitrogen and oxygen atoms in total. The van der Waals surface area contributed by atoms with Crippen molar-refractivity contribution in [2.24, 2.45) is 0 Å². The first kappa shape index (κ1) is 13.9. The first-order valence-corrected chi connectivity index (χ1v) is 5.86. The van der Waals surface area contributed by atoms with Gasteiger partial charge in [0.05, 0.1) is 19.3 Å². The normalized spacial score (nSPS) is 12.1. The minimum Gasteiger partial charge on any atom is -0.479 e. The third-order valence-electron chi connectivity index (χ3n) is 2.58. The van der Waals surface area contributed by atoms with Crippen LogP contribution in [0.3, 0.4) is 0 Å². The average molecular weight is 280 g/mol. The molecule has 1 heterocycles. The number of aliphatic hydroxyl groups excluding tert-OH is 1. The van der Waals surface area contributed by atoms with E-state index in [1.165, 1.54) is 35.1 Å². The molecule has 3 N–H and O–H groups in total. The Morgan fingerprint density at radius 3 is 2.70 bits per heavy atom. The number of rotatable bonds is 6. The smallest absolute Gasteiger partial charge is 0.332 e. The van der Waals surface area contributed by atoms with Gasteiger partial charge in [-0.25, -0.2) is 13.9 Å². The Morgan fingerprint density at radius 1 is 1.40 bits per heavy atom. The van der Waals surface area contributed by atoms with E-state index in [1.807, 2.05) is 0 Å². The van der Waals surface area contributed by atoms with Gasteiger partial charge in [-0.15, -0.1) is 5.10 Å². The molecule has 0 aliphatic carbocycles. The molecule has 0 radical (unpaired) electrons. The summed E-state index contributed by atoms with van der Waals surface area (Å²) in [5.41, 5.74) is 0.658. The monoisotopic (exact) mass is 280 g/mol. The van der Waals surface area contributed by atoms with Crippen molar-refractivity contribution in [2.45, 2.75) is 12.6 Å². The number of carboxylic acid groups (broad SMARTS) is 1. The summed E-state index contributed by atoms with van der Waals surface area (Å²) < 4.78 is 14.1. The Kier molecular flexibility index (Phi) is 4.26. The molecule has 0 spiro atoms. The molecule has 20 heavy (non-hydrogen) atoms. The van der Waals surface area contributed by atoms with Crippen molar-refractivity contribution >= 4 is 11.7 Å². The zero-order valence-electron chi connectivity index (χ0n) is 10.4. The van der Waals surface area contributed by atoms with Gasteiger partial charge < -0.3 is 15.5 Å². The lowest BCUT2D eigenvalue weighted by atomic mass is 10.2. The predicted molar refractivity (Wildman–Crippen MR) is 67.5 cm³/mol. The van der Waals surface area contributed by atoms with Crippen LogP contribution in [-0.4, -0.2) is 37.8 Å². The number of aliphatic hydroxyl groups is 1.